The average molecular weight is 278 g/mol. The van der Waals surface area contributed by atoms with E-state index in [1.54, 1.807) is 6.07 Å². The molecule has 1 aromatic rings. The van der Waals surface area contributed by atoms with E-state index in [2.05, 4.69) is 4.90 Å². The third kappa shape index (κ3) is 3.05. The predicted molar refractivity (Wildman–Crippen MR) is 75.3 cm³/mol. The van der Waals surface area contributed by atoms with Gasteiger partial charge in [-0.25, -0.2) is 0 Å². The highest BCUT2D eigenvalue weighted by molar-refractivity contribution is 5.75. The van der Waals surface area contributed by atoms with Crippen molar-refractivity contribution >= 4 is 17.3 Å². The Kier molecular flexibility index (Phi) is 4.19. The van der Waals surface area contributed by atoms with Crippen molar-refractivity contribution in [2.45, 2.75) is 25.3 Å². The molecule has 4 N–H and O–H groups in total. The van der Waals surface area contributed by atoms with Crippen LogP contribution in [0.5, 0.6) is 0 Å². The summed E-state index contributed by atoms with van der Waals surface area (Å²) in [6.07, 6.45) is 2.14. The van der Waals surface area contributed by atoms with Gasteiger partial charge in [0.2, 0.25) is 5.91 Å². The van der Waals surface area contributed by atoms with Gasteiger partial charge in [-0.15, -0.1) is 0 Å². The number of rotatable bonds is 5. The second-order valence-corrected chi connectivity index (χ2v) is 4.97. The molecule has 1 atom stereocenters. The van der Waals surface area contributed by atoms with Crippen LogP contribution in [0.15, 0.2) is 18.2 Å². The first-order valence-electron chi connectivity index (χ1n) is 6.56. The molecule has 7 heteroatoms. The SMILES string of the molecule is NC(=O)CC(N)c1cc([N+](=O)[O-])ccc1N1CCCC1. The first kappa shape index (κ1) is 14.3. The van der Waals surface area contributed by atoms with E-state index in [1.807, 2.05) is 0 Å². The number of carbonyl (C=O) groups is 1. The lowest BCUT2D eigenvalue weighted by Gasteiger charge is -2.23. The van der Waals surface area contributed by atoms with E-state index in [9.17, 15) is 14.9 Å². The fourth-order valence-corrected chi connectivity index (χ4v) is 2.53. The average Bonchev–Trinajstić information content (AvgIpc) is 2.90. The van der Waals surface area contributed by atoms with Crippen LogP contribution in [-0.4, -0.2) is 23.9 Å². The van der Waals surface area contributed by atoms with Gasteiger partial charge in [0.1, 0.15) is 0 Å². The Morgan fingerprint density at radius 3 is 2.60 bits per heavy atom. The number of hydrogen-bond donors (Lipinski definition) is 2. The van der Waals surface area contributed by atoms with Crippen LogP contribution < -0.4 is 16.4 Å². The predicted octanol–water partition coefficient (Wildman–Crippen LogP) is 1.07. The van der Waals surface area contributed by atoms with Crippen LogP contribution >= 0.6 is 0 Å². The molecule has 1 fully saturated rings. The summed E-state index contributed by atoms with van der Waals surface area (Å²) in [6, 6.07) is 4.00. The number of carbonyl (C=O) groups excluding carboxylic acids is 1. The summed E-state index contributed by atoms with van der Waals surface area (Å²) < 4.78 is 0. The first-order chi connectivity index (χ1) is 9.49. The molecule has 1 unspecified atom stereocenters. The number of anilines is 1. The zero-order valence-corrected chi connectivity index (χ0v) is 11.1. The molecule has 1 heterocycles. The van der Waals surface area contributed by atoms with Crippen molar-refractivity contribution in [3.63, 3.8) is 0 Å². The monoisotopic (exact) mass is 278 g/mol. The smallest absolute Gasteiger partial charge is 0.269 e. The molecule has 1 aliphatic rings. The minimum Gasteiger partial charge on any atom is -0.371 e. The largest absolute Gasteiger partial charge is 0.371 e. The van der Waals surface area contributed by atoms with Crippen molar-refractivity contribution in [2.24, 2.45) is 11.5 Å². The van der Waals surface area contributed by atoms with Crippen LogP contribution in [0, 0.1) is 10.1 Å². The molecular weight excluding hydrogens is 260 g/mol. The van der Waals surface area contributed by atoms with Gasteiger partial charge in [-0.05, 0) is 24.5 Å². The second kappa shape index (κ2) is 5.87. The van der Waals surface area contributed by atoms with Crippen molar-refractivity contribution < 1.29 is 9.72 Å². The maximum absolute atomic E-state index is 11.0. The van der Waals surface area contributed by atoms with Crippen LogP contribution in [-0.2, 0) is 4.79 Å². The van der Waals surface area contributed by atoms with Crippen molar-refractivity contribution in [1.82, 2.24) is 0 Å². The normalized spacial score (nSPS) is 16.1. The molecule has 1 aromatic carbocycles. The van der Waals surface area contributed by atoms with Crippen molar-refractivity contribution in [1.29, 1.82) is 0 Å². The Morgan fingerprint density at radius 2 is 2.05 bits per heavy atom. The number of nitrogens with zero attached hydrogens (tertiary/aromatic N) is 2. The second-order valence-electron chi connectivity index (χ2n) is 4.97. The van der Waals surface area contributed by atoms with E-state index in [0.29, 0.717) is 5.56 Å². The Labute approximate surface area is 116 Å². The lowest BCUT2D eigenvalue weighted by molar-refractivity contribution is -0.384. The third-order valence-corrected chi connectivity index (χ3v) is 3.49. The molecule has 1 amide bonds. The molecule has 108 valence electrons. The number of primary amides is 1. The topological polar surface area (TPSA) is 115 Å². The molecule has 7 nitrogen and oxygen atoms in total. The van der Waals surface area contributed by atoms with E-state index in [1.165, 1.54) is 12.1 Å². The zero-order valence-electron chi connectivity index (χ0n) is 11.1. The number of nitrogens with two attached hydrogens (primary N) is 2. The van der Waals surface area contributed by atoms with E-state index in [-0.39, 0.29) is 12.1 Å². The Balaban J connectivity index is 2.39. The Hall–Kier alpha value is -2.15. The minimum atomic E-state index is -0.622. The Morgan fingerprint density at radius 1 is 1.40 bits per heavy atom. The van der Waals surface area contributed by atoms with E-state index >= 15 is 0 Å². The van der Waals surface area contributed by atoms with Gasteiger partial charge >= 0.3 is 0 Å². The molecule has 0 aromatic heterocycles. The van der Waals surface area contributed by atoms with Gasteiger partial charge in [0, 0.05) is 43.4 Å². The van der Waals surface area contributed by atoms with E-state index < -0.39 is 16.9 Å². The highest BCUT2D eigenvalue weighted by Crippen LogP contribution is 2.32. The lowest BCUT2D eigenvalue weighted by Crippen LogP contribution is -2.25. The molecule has 0 radical (unpaired) electrons. The first-order valence-corrected chi connectivity index (χ1v) is 6.56. The highest BCUT2D eigenvalue weighted by Gasteiger charge is 2.22. The molecule has 0 aliphatic carbocycles. The standard InChI is InChI=1S/C13H18N4O3/c14-11(8-13(15)18)10-7-9(17(19)20)3-4-12(10)16-5-1-2-6-16/h3-4,7,11H,1-2,5-6,8,14H2,(H2,15,18). The number of nitro benzene ring substituents is 1. The number of amides is 1. The van der Waals surface area contributed by atoms with Gasteiger partial charge in [0.25, 0.3) is 5.69 Å². The van der Waals surface area contributed by atoms with Crippen LogP contribution in [0.1, 0.15) is 30.9 Å². The van der Waals surface area contributed by atoms with Crippen molar-refractivity contribution in [2.75, 3.05) is 18.0 Å². The fourth-order valence-electron chi connectivity index (χ4n) is 2.53. The molecule has 1 aliphatic heterocycles. The number of benzene rings is 1. The van der Waals surface area contributed by atoms with Crippen molar-refractivity contribution in [3.8, 4) is 0 Å². The summed E-state index contributed by atoms with van der Waals surface area (Å²) in [7, 11) is 0. The molecule has 20 heavy (non-hydrogen) atoms. The minimum absolute atomic E-state index is 0.0251. The maximum atomic E-state index is 11.0. The van der Waals surface area contributed by atoms with Crippen LogP contribution in [0.2, 0.25) is 0 Å². The summed E-state index contributed by atoms with van der Waals surface area (Å²) in [5.74, 6) is -0.517. The van der Waals surface area contributed by atoms with E-state index in [4.69, 9.17) is 11.5 Å². The lowest BCUT2D eigenvalue weighted by atomic mass is 10.0. The van der Waals surface area contributed by atoms with Gasteiger partial charge in [0.15, 0.2) is 0 Å². The van der Waals surface area contributed by atoms with Gasteiger partial charge in [-0.2, -0.15) is 0 Å². The van der Waals surface area contributed by atoms with Crippen LogP contribution in [0.25, 0.3) is 0 Å². The summed E-state index contributed by atoms with van der Waals surface area (Å²) in [5, 5.41) is 10.9. The summed E-state index contributed by atoms with van der Waals surface area (Å²) in [5.41, 5.74) is 12.6. The van der Waals surface area contributed by atoms with Crippen molar-refractivity contribution in [3.05, 3.63) is 33.9 Å². The van der Waals surface area contributed by atoms with Gasteiger partial charge in [-0.1, -0.05) is 0 Å². The number of hydrogen-bond acceptors (Lipinski definition) is 5. The summed E-state index contributed by atoms with van der Waals surface area (Å²) >= 11 is 0. The quantitative estimate of drug-likeness (QED) is 0.617. The maximum Gasteiger partial charge on any atom is 0.269 e. The zero-order chi connectivity index (χ0) is 14.7. The van der Waals surface area contributed by atoms with Crippen LogP contribution in [0.3, 0.4) is 0 Å². The summed E-state index contributed by atoms with van der Waals surface area (Å²) in [6.45, 7) is 1.79. The molecular formula is C13H18N4O3. The van der Waals surface area contributed by atoms with Crippen LogP contribution in [0.4, 0.5) is 11.4 Å². The fraction of sp³-hybridized carbons (Fsp3) is 0.462. The van der Waals surface area contributed by atoms with Gasteiger partial charge in [-0.3, -0.25) is 14.9 Å². The molecule has 0 saturated carbocycles. The Bertz CT molecular complexity index is 526. The van der Waals surface area contributed by atoms with Gasteiger partial charge < -0.3 is 16.4 Å². The van der Waals surface area contributed by atoms with Gasteiger partial charge in [0.05, 0.1) is 4.92 Å². The van der Waals surface area contributed by atoms with E-state index in [0.717, 1.165) is 31.6 Å². The molecule has 0 bridgehead atoms. The molecule has 0 spiro atoms. The summed E-state index contributed by atoms with van der Waals surface area (Å²) in [4.78, 5) is 23.6. The highest BCUT2D eigenvalue weighted by atomic mass is 16.6. The number of non-ortho nitro benzene ring substituents is 1. The molecule has 1 saturated heterocycles. The number of nitro groups is 1. The molecule has 2 rings (SSSR count). The third-order valence-electron chi connectivity index (χ3n) is 3.49.